The van der Waals surface area contributed by atoms with Crippen LogP contribution in [0.2, 0.25) is 0 Å². The van der Waals surface area contributed by atoms with Gasteiger partial charge in [-0.3, -0.25) is 29.3 Å². The summed E-state index contributed by atoms with van der Waals surface area (Å²) in [4.78, 5) is 63.4. The first-order valence-electron chi connectivity index (χ1n) is 24.7. The Labute approximate surface area is 410 Å². The first-order chi connectivity index (χ1) is 34.2. The Kier molecular flexibility index (Phi) is 14.9. The highest BCUT2D eigenvalue weighted by Gasteiger charge is 2.34. The minimum Gasteiger partial charge on any atom is -0.444 e. The van der Waals surface area contributed by atoms with E-state index in [1.165, 1.54) is 22.9 Å². The van der Waals surface area contributed by atoms with Crippen LogP contribution in [0.4, 0.5) is 25.1 Å². The lowest BCUT2D eigenvalue weighted by molar-refractivity contribution is -0.134. The number of halogens is 2. The van der Waals surface area contributed by atoms with Gasteiger partial charge in [0.2, 0.25) is 17.7 Å². The molecular formula is C52H61F2N9O8. The van der Waals surface area contributed by atoms with E-state index < -0.39 is 35.6 Å². The van der Waals surface area contributed by atoms with E-state index in [0.717, 1.165) is 93.3 Å². The average molecular weight is 978 g/mol. The van der Waals surface area contributed by atoms with Gasteiger partial charge in [-0.25, -0.2) is 23.5 Å². The van der Waals surface area contributed by atoms with Gasteiger partial charge in [-0.2, -0.15) is 5.10 Å². The number of alkyl halides is 2. The van der Waals surface area contributed by atoms with Gasteiger partial charge in [0.25, 0.3) is 12.3 Å². The van der Waals surface area contributed by atoms with E-state index in [1.807, 2.05) is 12.1 Å². The number of hydrogen-bond acceptors (Lipinski definition) is 13. The molecule has 0 spiro atoms. The number of benzene rings is 2. The number of imide groups is 1. The first kappa shape index (κ1) is 49.4. The zero-order valence-electron chi connectivity index (χ0n) is 40.6. The van der Waals surface area contributed by atoms with Crippen molar-refractivity contribution < 1.29 is 46.4 Å². The predicted octanol–water partition coefficient (Wildman–Crippen LogP) is 9.79. The number of carbonyl (C=O) groups excluding carboxylic acids is 4. The zero-order chi connectivity index (χ0) is 49.8. The Morgan fingerprint density at radius 2 is 1.75 bits per heavy atom. The minimum absolute atomic E-state index is 0.0787. The van der Waals surface area contributed by atoms with E-state index in [-0.39, 0.29) is 41.5 Å². The fourth-order valence-corrected chi connectivity index (χ4v) is 9.62. The molecule has 6 aromatic rings. The van der Waals surface area contributed by atoms with Crippen molar-refractivity contribution in [2.75, 3.05) is 50.1 Å². The number of oxazole rings is 1. The van der Waals surface area contributed by atoms with Crippen LogP contribution in [0.1, 0.15) is 131 Å². The van der Waals surface area contributed by atoms with E-state index in [4.69, 9.17) is 18.4 Å². The number of ether oxygens (including phenoxy) is 2. The molecule has 2 aromatic carbocycles. The summed E-state index contributed by atoms with van der Waals surface area (Å²) in [5.41, 5.74) is 1.46. The summed E-state index contributed by atoms with van der Waals surface area (Å²) in [6, 6.07) is 13.4. The lowest BCUT2D eigenvalue weighted by Gasteiger charge is -2.31. The van der Waals surface area contributed by atoms with Crippen LogP contribution in [0.5, 0.6) is 0 Å². The molecule has 1 atom stereocenters. The number of nitrogens with one attached hydrogen (secondary N) is 2. The highest BCUT2D eigenvalue weighted by Crippen LogP contribution is 2.38. The Morgan fingerprint density at radius 3 is 2.51 bits per heavy atom. The number of fused-ring (bicyclic) bond motifs is 3. The average Bonchev–Trinajstić information content (AvgIpc) is 3.64. The van der Waals surface area contributed by atoms with E-state index in [2.05, 4.69) is 61.0 Å². The van der Waals surface area contributed by atoms with Gasteiger partial charge in [0.15, 0.2) is 17.0 Å². The van der Waals surface area contributed by atoms with Crippen LogP contribution in [-0.4, -0.2) is 99.1 Å². The summed E-state index contributed by atoms with van der Waals surface area (Å²) < 4.78 is 53.0. The smallest absolute Gasteiger partial charge is 0.416 e. The lowest BCUT2D eigenvalue weighted by atomic mass is 9.86. The normalized spacial score (nSPS) is 18.7. The molecule has 2 saturated carbocycles. The van der Waals surface area contributed by atoms with Crippen molar-refractivity contribution in [3.63, 3.8) is 0 Å². The molecule has 1 unspecified atom stereocenters. The van der Waals surface area contributed by atoms with Crippen LogP contribution in [0.25, 0.3) is 33.2 Å². The second kappa shape index (κ2) is 21.4. The van der Waals surface area contributed by atoms with Crippen LogP contribution < -0.4 is 15.5 Å². The molecule has 1 aliphatic heterocycles. The Bertz CT molecular complexity index is 2880. The molecule has 2 aliphatic carbocycles. The summed E-state index contributed by atoms with van der Waals surface area (Å²) in [6.07, 6.45) is 9.48. The van der Waals surface area contributed by atoms with E-state index in [0.29, 0.717) is 60.7 Å². The molecule has 9 rings (SSSR count). The van der Waals surface area contributed by atoms with Crippen molar-refractivity contribution in [1.29, 1.82) is 0 Å². The Morgan fingerprint density at radius 1 is 0.972 bits per heavy atom. The summed E-state index contributed by atoms with van der Waals surface area (Å²) in [7, 11) is 2.12. The third-order valence-electron chi connectivity index (χ3n) is 13.4. The molecule has 17 nitrogen and oxygen atoms in total. The number of pyridine rings is 1. The minimum atomic E-state index is -2.91. The van der Waals surface area contributed by atoms with Gasteiger partial charge in [0.1, 0.15) is 23.4 Å². The number of piperidine rings is 1. The van der Waals surface area contributed by atoms with Crippen LogP contribution in [0.15, 0.2) is 70.1 Å². The first-order valence-corrected chi connectivity index (χ1v) is 24.7. The van der Waals surface area contributed by atoms with Gasteiger partial charge in [-0.05, 0) is 138 Å². The molecule has 3 aliphatic rings. The quantitative estimate of drug-likeness (QED) is 0.0575. The molecule has 376 valence electrons. The van der Waals surface area contributed by atoms with Crippen LogP contribution in [0.3, 0.4) is 0 Å². The molecule has 4 amide bonds. The van der Waals surface area contributed by atoms with Gasteiger partial charge in [0, 0.05) is 57.2 Å². The predicted molar refractivity (Wildman–Crippen MR) is 260 cm³/mol. The molecule has 71 heavy (non-hydrogen) atoms. The van der Waals surface area contributed by atoms with Crippen LogP contribution in [-0.2, 0) is 25.5 Å². The van der Waals surface area contributed by atoms with Gasteiger partial charge in [-0.1, -0.05) is 29.4 Å². The maximum atomic E-state index is 14.3. The molecule has 4 aromatic heterocycles. The van der Waals surface area contributed by atoms with Crippen molar-refractivity contribution in [1.82, 2.24) is 35.1 Å². The van der Waals surface area contributed by atoms with Gasteiger partial charge in [0.05, 0.1) is 23.0 Å². The van der Waals surface area contributed by atoms with Crippen LogP contribution >= 0.6 is 0 Å². The molecule has 2 N–H and O–H groups in total. The second-order valence-corrected chi connectivity index (χ2v) is 20.2. The van der Waals surface area contributed by atoms with Gasteiger partial charge < -0.3 is 28.6 Å². The highest BCUT2D eigenvalue weighted by atomic mass is 19.3. The van der Waals surface area contributed by atoms with E-state index in [9.17, 15) is 28.0 Å². The molecule has 3 fully saturated rings. The SMILES string of the molecule is CN(CCCOCCCc1ccc2c(ccc3onc(C4CCC(=O)NC4=O)c32)c1)CC1CCC(n2cc(NC(=O)c3coc(-c4ccnc(N(CC5CC5)C(=O)OC(C)(C)C)c4)n3)c(C(F)F)n2)CC1. The molecular weight excluding hydrogens is 917 g/mol. The van der Waals surface area contributed by atoms with Crippen molar-refractivity contribution in [3.05, 3.63) is 83.8 Å². The van der Waals surface area contributed by atoms with E-state index >= 15 is 0 Å². The highest BCUT2D eigenvalue weighted by molar-refractivity contribution is 6.10. The topological polar surface area (TPSA) is 200 Å². The van der Waals surface area contributed by atoms with Gasteiger partial charge >= 0.3 is 6.09 Å². The summed E-state index contributed by atoms with van der Waals surface area (Å²) in [6.45, 7) is 8.98. The van der Waals surface area contributed by atoms with Crippen molar-refractivity contribution in [3.8, 4) is 11.5 Å². The fourth-order valence-electron chi connectivity index (χ4n) is 9.62. The maximum absolute atomic E-state index is 14.3. The number of rotatable bonds is 19. The Hall–Kier alpha value is -6.60. The summed E-state index contributed by atoms with van der Waals surface area (Å²) >= 11 is 0. The maximum Gasteiger partial charge on any atom is 0.416 e. The number of anilines is 2. The molecule has 0 bridgehead atoms. The fraction of sp³-hybridized carbons (Fsp3) is 0.500. The molecule has 19 heteroatoms. The molecule has 0 radical (unpaired) electrons. The summed E-state index contributed by atoms with van der Waals surface area (Å²) in [5.74, 6) is -0.574. The lowest BCUT2D eigenvalue weighted by Crippen LogP contribution is -2.39. The number of aromatic nitrogens is 5. The van der Waals surface area contributed by atoms with E-state index in [1.54, 1.807) is 37.6 Å². The Balaban J connectivity index is 0.701. The third-order valence-corrected chi connectivity index (χ3v) is 13.4. The monoisotopic (exact) mass is 977 g/mol. The number of carbonyl (C=O) groups is 4. The number of hydrogen-bond donors (Lipinski definition) is 2. The molecule has 1 saturated heterocycles. The standard InChI is InChI=1S/C52H61F2N9O8/c1-52(2,3)70-51(67)62(28-33-8-9-33)42-26-35(20-21-55-42)50-57-40(30-69-50)49(66)56-39-29-63(59-46(39)47(53)54)36-14-10-32(11-15-36)27-61(4)22-6-24-68-23-5-7-31-12-16-37-34(25-31)13-18-41-44(37)45(60-71-41)38-17-19-43(64)58-48(38)65/h12-13,16,18,20-21,25-26,29-30,32-33,36,38,47H,5-11,14-15,17,19,22-24,27-28H2,1-4H3,(H,56,66)(H,58,64,65). The number of aryl methyl sites for hydroxylation is 1. The van der Waals surface area contributed by atoms with Crippen LogP contribution in [0, 0.1) is 11.8 Å². The largest absolute Gasteiger partial charge is 0.444 e. The van der Waals surface area contributed by atoms with Crippen molar-refractivity contribution in [2.24, 2.45) is 11.8 Å². The van der Waals surface area contributed by atoms with Gasteiger partial charge in [-0.15, -0.1) is 0 Å². The number of nitrogens with zero attached hydrogens (tertiary/aromatic N) is 7. The van der Waals surface area contributed by atoms with Crippen molar-refractivity contribution in [2.45, 2.75) is 115 Å². The molecule has 5 heterocycles. The summed E-state index contributed by atoms with van der Waals surface area (Å²) in [5, 5.41) is 16.3. The third kappa shape index (κ3) is 12.1. The van der Waals surface area contributed by atoms with Crippen molar-refractivity contribution >= 4 is 57.1 Å². The number of amides is 4. The second-order valence-electron chi connectivity index (χ2n) is 20.2. The zero-order valence-corrected chi connectivity index (χ0v) is 40.6.